The summed E-state index contributed by atoms with van der Waals surface area (Å²) in [5.74, 6) is -0.364. The summed E-state index contributed by atoms with van der Waals surface area (Å²) in [6.45, 7) is 0. The monoisotopic (exact) mass is 216 g/mol. The molecule has 0 bridgehead atoms. The van der Waals surface area contributed by atoms with Crippen LogP contribution in [0.3, 0.4) is 0 Å². The summed E-state index contributed by atoms with van der Waals surface area (Å²) in [6, 6.07) is 9.11. The standard InChI is InChI=1S/C11H8N2O3/c14-11(15)10-12-6-9(7-13-10)16-8-4-2-1-3-5-8/h1-7H,(H,14,15). The van der Waals surface area contributed by atoms with E-state index in [2.05, 4.69) is 9.97 Å². The number of carboxylic acid groups (broad SMARTS) is 1. The topological polar surface area (TPSA) is 72.3 Å². The van der Waals surface area contributed by atoms with E-state index in [1.54, 1.807) is 12.1 Å². The number of nitrogens with zero attached hydrogens (tertiary/aromatic N) is 2. The molecule has 1 aromatic carbocycles. The molecule has 16 heavy (non-hydrogen) atoms. The molecule has 0 fully saturated rings. The smallest absolute Gasteiger partial charge is 0.373 e. The van der Waals surface area contributed by atoms with E-state index in [0.29, 0.717) is 11.5 Å². The molecule has 0 spiro atoms. The van der Waals surface area contributed by atoms with Gasteiger partial charge in [-0.2, -0.15) is 0 Å². The van der Waals surface area contributed by atoms with Crippen LogP contribution in [0, 0.1) is 0 Å². The molecule has 2 aromatic rings. The molecule has 0 atom stereocenters. The van der Waals surface area contributed by atoms with Gasteiger partial charge in [0.25, 0.3) is 0 Å². The molecule has 0 aliphatic heterocycles. The number of carboxylic acids is 1. The zero-order valence-corrected chi connectivity index (χ0v) is 8.20. The number of rotatable bonds is 3. The second-order valence-corrected chi connectivity index (χ2v) is 2.96. The van der Waals surface area contributed by atoms with Crippen LogP contribution >= 0.6 is 0 Å². The van der Waals surface area contributed by atoms with Crippen LogP contribution in [0.1, 0.15) is 10.6 Å². The predicted molar refractivity (Wildman–Crippen MR) is 55.5 cm³/mol. The number of carbonyl (C=O) groups is 1. The highest BCUT2D eigenvalue weighted by molar-refractivity contribution is 5.82. The van der Waals surface area contributed by atoms with Crippen molar-refractivity contribution in [2.24, 2.45) is 0 Å². The molecule has 5 nitrogen and oxygen atoms in total. The number of ether oxygens (including phenoxy) is 1. The Labute approximate surface area is 91.4 Å². The van der Waals surface area contributed by atoms with E-state index in [9.17, 15) is 4.79 Å². The van der Waals surface area contributed by atoms with Crippen molar-refractivity contribution < 1.29 is 14.6 Å². The molecule has 1 heterocycles. The molecule has 5 heteroatoms. The number of para-hydroxylation sites is 1. The van der Waals surface area contributed by atoms with E-state index in [1.807, 2.05) is 18.2 Å². The Morgan fingerprint density at radius 1 is 1.06 bits per heavy atom. The first-order chi connectivity index (χ1) is 7.75. The summed E-state index contributed by atoms with van der Waals surface area (Å²) < 4.78 is 5.40. The molecule has 2 rings (SSSR count). The Bertz CT molecular complexity index is 482. The maximum Gasteiger partial charge on any atom is 0.373 e. The summed E-state index contributed by atoms with van der Waals surface area (Å²) in [5.41, 5.74) is 0. The van der Waals surface area contributed by atoms with Gasteiger partial charge >= 0.3 is 5.97 Å². The quantitative estimate of drug-likeness (QED) is 0.849. The molecule has 0 radical (unpaired) electrons. The van der Waals surface area contributed by atoms with Crippen molar-refractivity contribution in [3.63, 3.8) is 0 Å². The van der Waals surface area contributed by atoms with Crippen LogP contribution in [0.2, 0.25) is 0 Å². The zero-order valence-electron chi connectivity index (χ0n) is 8.20. The molecule has 0 aliphatic rings. The van der Waals surface area contributed by atoms with Crippen LogP contribution in [0.25, 0.3) is 0 Å². The van der Waals surface area contributed by atoms with E-state index < -0.39 is 5.97 Å². The number of aromatic nitrogens is 2. The van der Waals surface area contributed by atoms with Crippen LogP contribution < -0.4 is 4.74 Å². The SMILES string of the molecule is O=C(O)c1ncc(Oc2ccccc2)cn1. The summed E-state index contributed by atoms with van der Waals surface area (Å²) in [5, 5.41) is 8.60. The van der Waals surface area contributed by atoms with Gasteiger partial charge in [0, 0.05) is 0 Å². The van der Waals surface area contributed by atoms with E-state index >= 15 is 0 Å². The highest BCUT2D eigenvalue weighted by Crippen LogP contribution is 2.18. The van der Waals surface area contributed by atoms with Gasteiger partial charge in [-0.1, -0.05) is 18.2 Å². The second-order valence-electron chi connectivity index (χ2n) is 2.96. The second kappa shape index (κ2) is 4.39. The van der Waals surface area contributed by atoms with Crippen molar-refractivity contribution >= 4 is 5.97 Å². The fourth-order valence-corrected chi connectivity index (χ4v) is 1.10. The van der Waals surface area contributed by atoms with Gasteiger partial charge in [-0.05, 0) is 12.1 Å². The van der Waals surface area contributed by atoms with Crippen molar-refractivity contribution in [1.82, 2.24) is 9.97 Å². The Hall–Kier alpha value is -2.43. The van der Waals surface area contributed by atoms with Gasteiger partial charge in [-0.25, -0.2) is 14.8 Å². The molecular formula is C11H8N2O3. The van der Waals surface area contributed by atoms with Crippen molar-refractivity contribution in [2.45, 2.75) is 0 Å². The fraction of sp³-hybridized carbons (Fsp3) is 0. The van der Waals surface area contributed by atoms with Crippen molar-refractivity contribution in [2.75, 3.05) is 0 Å². The maximum absolute atomic E-state index is 10.5. The zero-order chi connectivity index (χ0) is 11.4. The van der Waals surface area contributed by atoms with Gasteiger partial charge < -0.3 is 9.84 Å². The lowest BCUT2D eigenvalue weighted by molar-refractivity contribution is 0.0683. The Morgan fingerprint density at radius 2 is 1.69 bits per heavy atom. The van der Waals surface area contributed by atoms with E-state index in [0.717, 1.165) is 0 Å². The highest BCUT2D eigenvalue weighted by atomic mass is 16.5. The lowest BCUT2D eigenvalue weighted by atomic mass is 10.3. The van der Waals surface area contributed by atoms with Gasteiger partial charge in [0.1, 0.15) is 5.75 Å². The molecule has 0 unspecified atom stereocenters. The largest absolute Gasteiger partial charge is 0.475 e. The van der Waals surface area contributed by atoms with Crippen LogP contribution in [-0.4, -0.2) is 21.0 Å². The van der Waals surface area contributed by atoms with Gasteiger partial charge in [0.15, 0.2) is 5.75 Å². The minimum atomic E-state index is -1.16. The van der Waals surface area contributed by atoms with Crippen LogP contribution in [-0.2, 0) is 0 Å². The molecule has 0 aliphatic carbocycles. The first kappa shape index (κ1) is 10.1. The highest BCUT2D eigenvalue weighted by Gasteiger charge is 2.06. The van der Waals surface area contributed by atoms with E-state index in [4.69, 9.17) is 9.84 Å². The Balaban J connectivity index is 2.14. The minimum Gasteiger partial charge on any atom is -0.475 e. The molecular weight excluding hydrogens is 208 g/mol. The number of hydrogen-bond donors (Lipinski definition) is 1. The Kier molecular flexibility index (Phi) is 2.77. The maximum atomic E-state index is 10.5. The lowest BCUT2D eigenvalue weighted by Crippen LogP contribution is -2.03. The van der Waals surface area contributed by atoms with Crippen LogP contribution in [0.5, 0.6) is 11.5 Å². The number of aromatic carboxylic acids is 1. The van der Waals surface area contributed by atoms with Gasteiger partial charge in [-0.15, -0.1) is 0 Å². The van der Waals surface area contributed by atoms with Crippen molar-refractivity contribution in [1.29, 1.82) is 0 Å². The number of hydrogen-bond acceptors (Lipinski definition) is 4. The average Bonchev–Trinajstić information content (AvgIpc) is 2.31. The van der Waals surface area contributed by atoms with Gasteiger partial charge in [-0.3, -0.25) is 0 Å². The molecule has 80 valence electrons. The third-order valence-electron chi connectivity index (χ3n) is 1.80. The summed E-state index contributed by atoms with van der Waals surface area (Å²) in [4.78, 5) is 17.8. The van der Waals surface area contributed by atoms with Crippen LogP contribution in [0.4, 0.5) is 0 Å². The predicted octanol–water partition coefficient (Wildman–Crippen LogP) is 1.97. The van der Waals surface area contributed by atoms with Crippen LogP contribution in [0.15, 0.2) is 42.7 Å². The lowest BCUT2D eigenvalue weighted by Gasteiger charge is -2.03. The fourth-order valence-electron chi connectivity index (χ4n) is 1.10. The molecule has 1 aromatic heterocycles. The average molecular weight is 216 g/mol. The van der Waals surface area contributed by atoms with Gasteiger partial charge in [0.05, 0.1) is 12.4 Å². The number of benzene rings is 1. The molecule has 0 amide bonds. The minimum absolute atomic E-state index is 0.250. The summed E-state index contributed by atoms with van der Waals surface area (Å²) >= 11 is 0. The first-order valence-electron chi connectivity index (χ1n) is 4.54. The third kappa shape index (κ3) is 2.33. The van der Waals surface area contributed by atoms with Crippen molar-refractivity contribution in [3.05, 3.63) is 48.5 Å². The normalized spacial score (nSPS) is 9.75. The van der Waals surface area contributed by atoms with Crippen molar-refractivity contribution in [3.8, 4) is 11.5 Å². The van der Waals surface area contributed by atoms with E-state index in [-0.39, 0.29) is 5.82 Å². The Morgan fingerprint density at radius 3 is 2.25 bits per heavy atom. The molecule has 1 N–H and O–H groups in total. The molecule has 0 saturated carbocycles. The van der Waals surface area contributed by atoms with Gasteiger partial charge in [0.2, 0.25) is 5.82 Å². The van der Waals surface area contributed by atoms with E-state index in [1.165, 1.54) is 12.4 Å². The summed E-state index contributed by atoms with van der Waals surface area (Å²) in [7, 11) is 0. The first-order valence-corrected chi connectivity index (χ1v) is 4.54. The molecule has 0 saturated heterocycles. The summed E-state index contributed by atoms with van der Waals surface area (Å²) in [6.07, 6.45) is 2.65. The third-order valence-corrected chi connectivity index (χ3v) is 1.80.